The van der Waals surface area contributed by atoms with Gasteiger partial charge in [-0.15, -0.1) is 0 Å². The summed E-state index contributed by atoms with van der Waals surface area (Å²) in [5.41, 5.74) is 1.80. The SMILES string of the molecule is CC(=O)Nc1ccc(S(=O)(=O)Nc2ccc3oc4c(c3c2)C(=O)CC(C)(C)C4)cc1. The fourth-order valence-electron chi connectivity index (χ4n) is 3.80. The van der Waals surface area contributed by atoms with Crippen LogP contribution in [0.25, 0.3) is 11.0 Å². The van der Waals surface area contributed by atoms with Gasteiger partial charge in [-0.05, 0) is 47.9 Å². The number of nitrogens with one attached hydrogen (secondary N) is 2. The molecule has 1 heterocycles. The molecule has 1 amide bonds. The molecule has 2 N–H and O–H groups in total. The van der Waals surface area contributed by atoms with Gasteiger partial charge < -0.3 is 9.73 Å². The highest BCUT2D eigenvalue weighted by Crippen LogP contribution is 2.40. The van der Waals surface area contributed by atoms with Crippen molar-refractivity contribution in [2.45, 2.75) is 38.5 Å². The lowest BCUT2D eigenvalue weighted by Crippen LogP contribution is -2.25. The minimum Gasteiger partial charge on any atom is -0.460 e. The zero-order chi connectivity index (χ0) is 21.7. The third-order valence-electron chi connectivity index (χ3n) is 5.06. The van der Waals surface area contributed by atoms with Gasteiger partial charge in [-0.25, -0.2) is 8.42 Å². The number of fused-ring (bicyclic) bond motifs is 3. The lowest BCUT2D eigenvalue weighted by Gasteiger charge is -2.27. The molecule has 0 bridgehead atoms. The number of rotatable bonds is 4. The number of carbonyl (C=O) groups is 2. The maximum atomic E-state index is 12.8. The van der Waals surface area contributed by atoms with Crippen molar-refractivity contribution in [3.63, 3.8) is 0 Å². The summed E-state index contributed by atoms with van der Waals surface area (Å²) in [6.45, 7) is 5.43. The molecule has 30 heavy (non-hydrogen) atoms. The topological polar surface area (TPSA) is 105 Å². The van der Waals surface area contributed by atoms with Gasteiger partial charge in [0.15, 0.2) is 5.78 Å². The summed E-state index contributed by atoms with van der Waals surface area (Å²) in [5.74, 6) is 0.423. The molecule has 4 rings (SSSR count). The zero-order valence-corrected chi connectivity index (χ0v) is 17.7. The van der Waals surface area contributed by atoms with Crippen LogP contribution in [0.4, 0.5) is 11.4 Å². The second-order valence-electron chi connectivity index (χ2n) is 8.36. The van der Waals surface area contributed by atoms with Crippen molar-refractivity contribution in [2.75, 3.05) is 10.0 Å². The highest BCUT2D eigenvalue weighted by Gasteiger charge is 2.35. The summed E-state index contributed by atoms with van der Waals surface area (Å²) >= 11 is 0. The fourth-order valence-corrected chi connectivity index (χ4v) is 4.85. The number of anilines is 2. The summed E-state index contributed by atoms with van der Waals surface area (Å²) < 4.78 is 33.9. The van der Waals surface area contributed by atoms with Crippen LogP contribution in [0, 0.1) is 5.41 Å². The van der Waals surface area contributed by atoms with Crippen molar-refractivity contribution in [1.82, 2.24) is 0 Å². The maximum absolute atomic E-state index is 12.8. The van der Waals surface area contributed by atoms with E-state index in [9.17, 15) is 18.0 Å². The van der Waals surface area contributed by atoms with Crippen molar-refractivity contribution in [1.29, 1.82) is 0 Å². The number of ketones is 1. The maximum Gasteiger partial charge on any atom is 0.261 e. The molecule has 0 radical (unpaired) electrons. The molecule has 3 aromatic rings. The average Bonchev–Trinajstić information content (AvgIpc) is 2.97. The normalized spacial score (nSPS) is 15.6. The standard InChI is InChI=1S/C22H22N2O5S/c1-13(25)23-14-4-7-16(8-5-14)30(27,28)24-15-6-9-19-17(10-15)21-18(26)11-22(2,3)12-20(21)29-19/h4-10,24H,11-12H2,1-3H3,(H,23,25). The lowest BCUT2D eigenvalue weighted by atomic mass is 9.76. The highest BCUT2D eigenvalue weighted by molar-refractivity contribution is 7.92. The molecule has 0 saturated carbocycles. The van der Waals surface area contributed by atoms with E-state index >= 15 is 0 Å². The Hall–Kier alpha value is -3.13. The molecule has 1 aliphatic rings. The van der Waals surface area contributed by atoms with Crippen LogP contribution in [0.3, 0.4) is 0 Å². The van der Waals surface area contributed by atoms with Crippen molar-refractivity contribution in [3.05, 3.63) is 53.8 Å². The van der Waals surface area contributed by atoms with E-state index in [1.165, 1.54) is 31.2 Å². The van der Waals surface area contributed by atoms with Gasteiger partial charge in [0.1, 0.15) is 11.3 Å². The van der Waals surface area contributed by atoms with Gasteiger partial charge >= 0.3 is 0 Å². The van der Waals surface area contributed by atoms with Crippen LogP contribution in [-0.2, 0) is 21.2 Å². The van der Waals surface area contributed by atoms with Crippen molar-refractivity contribution in [3.8, 4) is 0 Å². The largest absolute Gasteiger partial charge is 0.460 e. The molecule has 0 fully saturated rings. The quantitative estimate of drug-likeness (QED) is 0.645. The van der Waals surface area contributed by atoms with E-state index in [2.05, 4.69) is 10.0 Å². The van der Waals surface area contributed by atoms with Crippen LogP contribution in [0.5, 0.6) is 0 Å². The Morgan fingerprint density at radius 2 is 1.70 bits per heavy atom. The molecular weight excluding hydrogens is 404 g/mol. The molecule has 0 saturated heterocycles. The van der Waals surface area contributed by atoms with Crippen LogP contribution in [0.2, 0.25) is 0 Å². The van der Waals surface area contributed by atoms with Crippen LogP contribution >= 0.6 is 0 Å². The predicted octanol–water partition coefficient (Wildman–Crippen LogP) is 4.35. The minimum atomic E-state index is -3.84. The van der Waals surface area contributed by atoms with Gasteiger partial charge in [-0.2, -0.15) is 0 Å². The number of sulfonamides is 1. The molecule has 0 aliphatic heterocycles. The van der Waals surface area contributed by atoms with Crippen molar-refractivity contribution in [2.24, 2.45) is 5.41 Å². The summed E-state index contributed by atoms with van der Waals surface area (Å²) in [5, 5.41) is 3.21. The number of hydrogen-bond donors (Lipinski definition) is 2. The fraction of sp³-hybridized carbons (Fsp3) is 0.273. The third-order valence-corrected chi connectivity index (χ3v) is 6.45. The van der Waals surface area contributed by atoms with E-state index < -0.39 is 10.0 Å². The Labute approximate surface area is 174 Å². The summed E-state index contributed by atoms with van der Waals surface area (Å²) in [6.07, 6.45) is 1.08. The lowest BCUT2D eigenvalue weighted by molar-refractivity contribution is -0.114. The first kappa shape index (κ1) is 20.2. The van der Waals surface area contributed by atoms with Crippen molar-refractivity contribution >= 4 is 44.1 Å². The number of carbonyl (C=O) groups excluding carboxylic acids is 2. The zero-order valence-electron chi connectivity index (χ0n) is 16.9. The number of benzene rings is 2. The number of hydrogen-bond acceptors (Lipinski definition) is 5. The Morgan fingerprint density at radius 1 is 1.03 bits per heavy atom. The smallest absolute Gasteiger partial charge is 0.261 e. The highest BCUT2D eigenvalue weighted by atomic mass is 32.2. The van der Waals surface area contributed by atoms with Crippen LogP contribution < -0.4 is 10.0 Å². The molecule has 0 atom stereocenters. The van der Waals surface area contributed by atoms with Gasteiger partial charge in [0, 0.05) is 36.5 Å². The van der Waals surface area contributed by atoms with Crippen LogP contribution in [0.15, 0.2) is 51.8 Å². The first-order chi connectivity index (χ1) is 14.0. The summed E-state index contributed by atoms with van der Waals surface area (Å²) in [4.78, 5) is 23.8. The molecule has 2 aromatic carbocycles. The van der Waals surface area contributed by atoms with E-state index in [1.54, 1.807) is 18.2 Å². The van der Waals surface area contributed by atoms with Crippen LogP contribution in [-0.4, -0.2) is 20.1 Å². The van der Waals surface area contributed by atoms with E-state index in [0.29, 0.717) is 46.5 Å². The van der Waals surface area contributed by atoms with Gasteiger partial charge in [-0.1, -0.05) is 13.8 Å². The first-order valence-corrected chi connectivity index (χ1v) is 11.0. The van der Waals surface area contributed by atoms with E-state index in [-0.39, 0.29) is 22.0 Å². The molecular formula is C22H22N2O5S. The average molecular weight is 426 g/mol. The number of Topliss-reactive ketones (excluding diaryl/α,β-unsaturated/α-hetero) is 1. The van der Waals surface area contributed by atoms with Gasteiger partial charge in [0.2, 0.25) is 5.91 Å². The minimum absolute atomic E-state index is 0.00793. The molecule has 1 aromatic heterocycles. The molecule has 0 unspecified atom stereocenters. The third kappa shape index (κ3) is 3.82. The van der Waals surface area contributed by atoms with E-state index in [0.717, 1.165) is 0 Å². The summed E-state index contributed by atoms with van der Waals surface area (Å²) in [7, 11) is -3.84. The summed E-state index contributed by atoms with van der Waals surface area (Å²) in [6, 6.07) is 10.8. The van der Waals surface area contributed by atoms with Crippen molar-refractivity contribution < 1.29 is 22.4 Å². The molecule has 1 aliphatic carbocycles. The van der Waals surface area contributed by atoms with E-state index in [1.807, 2.05) is 13.8 Å². The predicted molar refractivity (Wildman–Crippen MR) is 114 cm³/mol. The van der Waals surface area contributed by atoms with Gasteiger partial charge in [0.05, 0.1) is 10.5 Å². The second-order valence-corrected chi connectivity index (χ2v) is 10.0. The molecule has 156 valence electrons. The number of furan rings is 1. The second kappa shape index (κ2) is 6.98. The molecule has 7 nitrogen and oxygen atoms in total. The monoisotopic (exact) mass is 426 g/mol. The van der Waals surface area contributed by atoms with Gasteiger partial charge in [0.25, 0.3) is 10.0 Å². The van der Waals surface area contributed by atoms with Crippen LogP contribution in [0.1, 0.15) is 43.3 Å². The Morgan fingerprint density at radius 3 is 2.37 bits per heavy atom. The van der Waals surface area contributed by atoms with Gasteiger partial charge in [-0.3, -0.25) is 14.3 Å². The first-order valence-electron chi connectivity index (χ1n) is 9.53. The molecule has 8 heteroatoms. The Balaban J connectivity index is 1.65. The molecule has 0 spiro atoms. The Kier molecular flexibility index (Phi) is 4.69. The number of amides is 1. The Bertz CT molecular complexity index is 1270. The van der Waals surface area contributed by atoms with E-state index in [4.69, 9.17) is 4.42 Å².